The molecule has 6 nitrogen and oxygen atoms in total. The minimum absolute atomic E-state index is 0.0200. The van der Waals surface area contributed by atoms with Crippen molar-refractivity contribution in [1.82, 2.24) is 19.7 Å². The van der Waals surface area contributed by atoms with Gasteiger partial charge in [0.1, 0.15) is 15.8 Å². The van der Waals surface area contributed by atoms with E-state index in [0.717, 1.165) is 0 Å². The number of fused-ring (bicyclic) bond motifs is 1. The van der Waals surface area contributed by atoms with E-state index in [9.17, 15) is 4.79 Å². The Labute approximate surface area is 169 Å². The summed E-state index contributed by atoms with van der Waals surface area (Å²) in [4.78, 5) is 21.0. The highest BCUT2D eigenvalue weighted by molar-refractivity contribution is 9.10. The first-order valence-corrected chi connectivity index (χ1v) is 9.03. The van der Waals surface area contributed by atoms with E-state index in [1.54, 1.807) is 24.4 Å². The molecule has 26 heavy (non-hydrogen) atoms. The molecular weight excluding hydrogens is 466 g/mol. The molecule has 4 rings (SSSR count). The maximum Gasteiger partial charge on any atom is 0.347 e. The van der Waals surface area contributed by atoms with Crippen LogP contribution < -0.4 is 5.63 Å². The molecule has 0 amide bonds. The molecule has 1 aromatic carbocycles. The van der Waals surface area contributed by atoms with E-state index < -0.39 is 5.63 Å². The molecule has 0 bridgehead atoms. The largest absolute Gasteiger partial charge is 0.401 e. The Morgan fingerprint density at radius 2 is 1.92 bits per heavy atom. The predicted molar refractivity (Wildman–Crippen MR) is 103 cm³/mol. The molecule has 0 saturated heterocycles. The van der Waals surface area contributed by atoms with Crippen LogP contribution in [0.5, 0.6) is 0 Å². The smallest absolute Gasteiger partial charge is 0.347 e. The van der Waals surface area contributed by atoms with Crippen LogP contribution in [0.1, 0.15) is 0 Å². The first-order chi connectivity index (χ1) is 12.4. The van der Waals surface area contributed by atoms with Crippen molar-refractivity contribution in [2.45, 2.75) is 0 Å². The normalized spacial score (nSPS) is 11.2. The molecule has 130 valence electrons. The summed E-state index contributed by atoms with van der Waals surface area (Å²) in [5.41, 5.74) is 0.0335. The quantitative estimate of drug-likeness (QED) is 0.403. The van der Waals surface area contributed by atoms with Gasteiger partial charge in [0, 0.05) is 17.3 Å². The molecule has 0 fully saturated rings. The van der Waals surface area contributed by atoms with Crippen molar-refractivity contribution in [1.29, 1.82) is 0 Å². The number of rotatable bonds is 2. The van der Waals surface area contributed by atoms with Gasteiger partial charge in [0.25, 0.3) is 0 Å². The second kappa shape index (κ2) is 6.66. The summed E-state index contributed by atoms with van der Waals surface area (Å²) in [5.74, 6) is 0.383. The van der Waals surface area contributed by atoms with Crippen molar-refractivity contribution >= 4 is 61.6 Å². The molecule has 0 spiro atoms. The van der Waals surface area contributed by atoms with Gasteiger partial charge in [-0.1, -0.05) is 34.8 Å². The summed E-state index contributed by atoms with van der Waals surface area (Å²) >= 11 is 21.6. The monoisotopic (exact) mass is 470 g/mol. The van der Waals surface area contributed by atoms with Crippen LogP contribution in [0, 0.1) is 0 Å². The van der Waals surface area contributed by atoms with Crippen LogP contribution in [-0.4, -0.2) is 19.7 Å². The summed E-state index contributed by atoms with van der Waals surface area (Å²) in [6.45, 7) is 0. The first-order valence-electron chi connectivity index (χ1n) is 7.11. The molecule has 0 radical (unpaired) electrons. The lowest BCUT2D eigenvalue weighted by atomic mass is 10.2. The van der Waals surface area contributed by atoms with Crippen molar-refractivity contribution in [3.05, 3.63) is 66.6 Å². The van der Waals surface area contributed by atoms with E-state index in [2.05, 4.69) is 31.0 Å². The fourth-order valence-corrected chi connectivity index (χ4v) is 3.52. The average molecular weight is 473 g/mol. The zero-order valence-corrected chi connectivity index (χ0v) is 16.4. The maximum atomic E-state index is 12.4. The van der Waals surface area contributed by atoms with Crippen LogP contribution in [0.3, 0.4) is 0 Å². The zero-order valence-electron chi connectivity index (χ0n) is 12.6. The van der Waals surface area contributed by atoms with E-state index in [0.29, 0.717) is 26.2 Å². The minimum Gasteiger partial charge on any atom is -0.401 e. The van der Waals surface area contributed by atoms with Gasteiger partial charge in [0.2, 0.25) is 5.89 Å². The van der Waals surface area contributed by atoms with E-state index in [4.69, 9.17) is 39.2 Å². The lowest BCUT2D eigenvalue weighted by molar-refractivity contribution is 0.513. The Bertz CT molecular complexity index is 1220. The number of aromatic nitrogens is 4. The third kappa shape index (κ3) is 3.01. The summed E-state index contributed by atoms with van der Waals surface area (Å²) in [6.07, 6.45) is 1.57. The van der Waals surface area contributed by atoms with Crippen LogP contribution in [0.2, 0.25) is 15.1 Å². The second-order valence-corrected chi connectivity index (χ2v) is 7.23. The van der Waals surface area contributed by atoms with Gasteiger partial charge in [-0.25, -0.2) is 19.4 Å². The summed E-state index contributed by atoms with van der Waals surface area (Å²) in [5, 5.41) is 5.41. The van der Waals surface area contributed by atoms with Gasteiger partial charge in [0.15, 0.2) is 5.82 Å². The molecule has 3 aromatic heterocycles. The lowest BCUT2D eigenvalue weighted by Gasteiger charge is -2.07. The molecule has 4 aromatic rings. The highest BCUT2D eigenvalue weighted by atomic mass is 79.9. The fraction of sp³-hybridized carbons (Fsp3) is 0. The van der Waals surface area contributed by atoms with Crippen molar-refractivity contribution in [2.24, 2.45) is 0 Å². The van der Waals surface area contributed by atoms with E-state index >= 15 is 0 Å². The molecule has 0 aliphatic heterocycles. The molecule has 0 atom stereocenters. The van der Waals surface area contributed by atoms with E-state index in [1.165, 1.54) is 16.8 Å². The summed E-state index contributed by atoms with van der Waals surface area (Å²) < 4.78 is 7.28. The van der Waals surface area contributed by atoms with Gasteiger partial charge in [-0.15, -0.1) is 0 Å². The van der Waals surface area contributed by atoms with Gasteiger partial charge in [-0.05, 0) is 40.2 Å². The SMILES string of the molecule is O=c1oc(-c2cc(Br)nn2-c2ncccc2Cl)nc2c(Cl)cc(Cl)cc12. The summed E-state index contributed by atoms with van der Waals surface area (Å²) in [6, 6.07) is 7.96. The van der Waals surface area contributed by atoms with Gasteiger partial charge >= 0.3 is 5.63 Å². The van der Waals surface area contributed by atoms with Gasteiger partial charge in [-0.2, -0.15) is 5.10 Å². The van der Waals surface area contributed by atoms with Crippen molar-refractivity contribution in [3.8, 4) is 17.4 Å². The standard InChI is InChI=1S/C16H6BrCl3N4O2/c17-12-6-11(24(23-12)14-9(19)2-1-3-21-14)15-22-13-8(16(25)26-15)4-7(18)5-10(13)20/h1-6H. The number of benzene rings is 1. The molecule has 3 heterocycles. The minimum atomic E-state index is -0.620. The maximum absolute atomic E-state index is 12.4. The Hall–Kier alpha value is -1.93. The predicted octanol–water partition coefficient (Wildman–Crippen LogP) is 5.16. The van der Waals surface area contributed by atoms with Crippen LogP contribution in [0.4, 0.5) is 0 Å². The van der Waals surface area contributed by atoms with Gasteiger partial charge in [0.05, 0.1) is 15.4 Å². The number of halogens is 4. The number of nitrogens with zero attached hydrogens (tertiary/aromatic N) is 4. The Morgan fingerprint density at radius 1 is 1.12 bits per heavy atom. The fourth-order valence-electron chi connectivity index (χ4n) is 2.41. The third-order valence-electron chi connectivity index (χ3n) is 3.49. The molecular formula is C16H6BrCl3N4O2. The zero-order chi connectivity index (χ0) is 18.4. The van der Waals surface area contributed by atoms with Crippen molar-refractivity contribution in [2.75, 3.05) is 0 Å². The third-order valence-corrected chi connectivity index (χ3v) is 4.68. The van der Waals surface area contributed by atoms with E-state index in [-0.39, 0.29) is 21.8 Å². The summed E-state index contributed by atoms with van der Waals surface area (Å²) in [7, 11) is 0. The molecule has 0 unspecified atom stereocenters. The lowest BCUT2D eigenvalue weighted by Crippen LogP contribution is -2.07. The van der Waals surface area contributed by atoms with Gasteiger partial charge < -0.3 is 4.42 Å². The first kappa shape index (κ1) is 17.5. The van der Waals surface area contributed by atoms with Crippen LogP contribution in [0.25, 0.3) is 28.3 Å². The number of pyridine rings is 1. The Kier molecular flexibility index (Phi) is 4.48. The van der Waals surface area contributed by atoms with Crippen LogP contribution >= 0.6 is 50.7 Å². The molecule has 10 heteroatoms. The molecule has 0 saturated carbocycles. The van der Waals surface area contributed by atoms with E-state index in [1.807, 2.05) is 0 Å². The average Bonchev–Trinajstić information content (AvgIpc) is 2.97. The highest BCUT2D eigenvalue weighted by Gasteiger charge is 2.19. The topological polar surface area (TPSA) is 73.8 Å². The molecule has 0 aliphatic carbocycles. The van der Waals surface area contributed by atoms with Gasteiger partial charge in [-0.3, -0.25) is 0 Å². The van der Waals surface area contributed by atoms with Crippen molar-refractivity contribution < 1.29 is 4.42 Å². The molecule has 0 N–H and O–H groups in total. The number of hydrogen-bond acceptors (Lipinski definition) is 5. The Balaban J connectivity index is 2.01. The molecule has 0 aliphatic rings. The Morgan fingerprint density at radius 3 is 2.69 bits per heavy atom. The number of hydrogen-bond donors (Lipinski definition) is 0. The van der Waals surface area contributed by atoms with Crippen LogP contribution in [-0.2, 0) is 0 Å². The second-order valence-electron chi connectivity index (χ2n) is 5.16. The van der Waals surface area contributed by atoms with Crippen molar-refractivity contribution in [3.63, 3.8) is 0 Å². The highest BCUT2D eigenvalue weighted by Crippen LogP contribution is 2.30. The van der Waals surface area contributed by atoms with Crippen LogP contribution in [0.15, 0.2) is 50.3 Å².